The van der Waals surface area contributed by atoms with Gasteiger partial charge < -0.3 is 10.2 Å². The minimum Gasteiger partial charge on any atom is -0.334 e. The molecule has 1 saturated carbocycles. The van der Waals surface area contributed by atoms with Crippen molar-refractivity contribution in [2.24, 2.45) is 0 Å². The lowest BCUT2D eigenvalue weighted by atomic mass is 10.2. The fourth-order valence-corrected chi connectivity index (χ4v) is 3.53. The topological polar surface area (TPSA) is 32.3 Å². The van der Waals surface area contributed by atoms with Crippen LogP contribution >= 0.6 is 23.4 Å². The third-order valence-electron chi connectivity index (χ3n) is 3.76. The van der Waals surface area contributed by atoms with E-state index in [0.29, 0.717) is 12.6 Å². The summed E-state index contributed by atoms with van der Waals surface area (Å²) >= 11 is 7.78. The second kappa shape index (κ2) is 6.37. The highest BCUT2D eigenvalue weighted by Crippen LogP contribution is 2.29. The first-order valence-electron chi connectivity index (χ1n) is 7.10. The van der Waals surface area contributed by atoms with Crippen LogP contribution < -0.4 is 5.32 Å². The minimum atomic E-state index is -0.0124. The lowest BCUT2D eigenvalue weighted by Gasteiger charge is -2.30. The van der Waals surface area contributed by atoms with E-state index < -0.39 is 0 Å². The van der Waals surface area contributed by atoms with Crippen molar-refractivity contribution in [2.75, 3.05) is 18.1 Å². The summed E-state index contributed by atoms with van der Waals surface area (Å²) in [6.07, 6.45) is 2.28. The highest BCUT2D eigenvalue weighted by Gasteiger charge is 2.36. The first-order chi connectivity index (χ1) is 9.74. The Hall–Kier alpha value is -0.710. The van der Waals surface area contributed by atoms with E-state index in [4.69, 9.17) is 11.6 Å². The predicted molar refractivity (Wildman–Crippen MR) is 84.1 cm³/mol. The molecule has 0 bridgehead atoms. The van der Waals surface area contributed by atoms with Crippen LogP contribution in [0, 0.1) is 0 Å². The molecule has 108 valence electrons. The van der Waals surface area contributed by atoms with Crippen molar-refractivity contribution in [3.63, 3.8) is 0 Å². The van der Waals surface area contributed by atoms with E-state index in [1.54, 1.807) is 0 Å². The molecule has 1 aromatic carbocycles. The van der Waals surface area contributed by atoms with E-state index in [1.807, 2.05) is 40.9 Å². The van der Waals surface area contributed by atoms with E-state index in [0.717, 1.165) is 41.5 Å². The lowest BCUT2D eigenvalue weighted by Crippen LogP contribution is -2.51. The van der Waals surface area contributed by atoms with Gasteiger partial charge in [0.2, 0.25) is 5.91 Å². The fourth-order valence-electron chi connectivity index (χ4n) is 2.48. The van der Waals surface area contributed by atoms with Gasteiger partial charge in [-0.1, -0.05) is 23.7 Å². The monoisotopic (exact) mass is 310 g/mol. The molecule has 1 amide bonds. The van der Waals surface area contributed by atoms with Gasteiger partial charge in [0.25, 0.3) is 0 Å². The summed E-state index contributed by atoms with van der Waals surface area (Å²) in [4.78, 5) is 14.7. The van der Waals surface area contributed by atoms with E-state index in [2.05, 4.69) is 5.32 Å². The molecule has 1 N–H and O–H groups in total. The first kappa shape index (κ1) is 14.2. The number of benzene rings is 1. The van der Waals surface area contributed by atoms with Gasteiger partial charge in [-0.15, -0.1) is 0 Å². The number of carbonyl (C=O) groups excluding carboxylic acids is 1. The number of amides is 1. The van der Waals surface area contributed by atoms with Crippen LogP contribution in [0.15, 0.2) is 24.3 Å². The minimum absolute atomic E-state index is 0.0124. The number of nitrogens with one attached hydrogen (secondary N) is 1. The molecule has 1 aliphatic heterocycles. The molecule has 20 heavy (non-hydrogen) atoms. The van der Waals surface area contributed by atoms with Gasteiger partial charge >= 0.3 is 0 Å². The van der Waals surface area contributed by atoms with Crippen LogP contribution in [0.2, 0.25) is 5.02 Å². The van der Waals surface area contributed by atoms with Crippen molar-refractivity contribution in [2.45, 2.75) is 31.5 Å². The summed E-state index contributed by atoms with van der Waals surface area (Å²) in [7, 11) is 0. The SMILES string of the molecule is O=C(C1CSCCN1)N(Cc1ccc(Cl)cc1)C1CC1. The molecule has 1 atom stereocenters. The van der Waals surface area contributed by atoms with E-state index in [9.17, 15) is 4.79 Å². The molecule has 1 aromatic rings. The fraction of sp³-hybridized carbons (Fsp3) is 0.533. The first-order valence-corrected chi connectivity index (χ1v) is 8.63. The molecule has 5 heteroatoms. The Balaban J connectivity index is 1.68. The zero-order valence-corrected chi connectivity index (χ0v) is 12.9. The van der Waals surface area contributed by atoms with Crippen molar-refractivity contribution in [3.05, 3.63) is 34.9 Å². The Labute approximate surface area is 129 Å². The third-order valence-corrected chi connectivity index (χ3v) is 5.07. The van der Waals surface area contributed by atoms with Gasteiger partial charge in [0.05, 0.1) is 6.04 Å². The van der Waals surface area contributed by atoms with Gasteiger partial charge in [-0.3, -0.25) is 4.79 Å². The van der Waals surface area contributed by atoms with E-state index in [-0.39, 0.29) is 11.9 Å². The van der Waals surface area contributed by atoms with Crippen molar-refractivity contribution in [3.8, 4) is 0 Å². The van der Waals surface area contributed by atoms with Gasteiger partial charge in [-0.2, -0.15) is 11.8 Å². The molecule has 1 saturated heterocycles. The summed E-state index contributed by atoms with van der Waals surface area (Å²) in [5, 5.41) is 4.08. The van der Waals surface area contributed by atoms with Gasteiger partial charge in [0, 0.05) is 35.7 Å². The molecule has 1 heterocycles. The number of rotatable bonds is 4. The Morgan fingerprint density at radius 1 is 1.35 bits per heavy atom. The number of halogens is 1. The van der Waals surface area contributed by atoms with Crippen LogP contribution in [-0.2, 0) is 11.3 Å². The summed E-state index contributed by atoms with van der Waals surface area (Å²) in [5.74, 6) is 2.25. The molecule has 1 unspecified atom stereocenters. The van der Waals surface area contributed by atoms with E-state index >= 15 is 0 Å². The maximum absolute atomic E-state index is 12.7. The molecule has 2 fully saturated rings. The van der Waals surface area contributed by atoms with Crippen molar-refractivity contribution < 1.29 is 4.79 Å². The summed E-state index contributed by atoms with van der Waals surface area (Å²) in [5.41, 5.74) is 1.15. The molecule has 3 rings (SSSR count). The van der Waals surface area contributed by atoms with Crippen molar-refractivity contribution in [1.29, 1.82) is 0 Å². The highest BCUT2D eigenvalue weighted by atomic mass is 35.5. The van der Waals surface area contributed by atoms with Crippen LogP contribution in [0.5, 0.6) is 0 Å². The zero-order valence-electron chi connectivity index (χ0n) is 11.3. The number of thioether (sulfide) groups is 1. The average molecular weight is 311 g/mol. The molecule has 2 aliphatic rings. The lowest BCUT2D eigenvalue weighted by molar-refractivity contribution is -0.134. The predicted octanol–water partition coefficient (Wildman–Crippen LogP) is 2.54. The Bertz CT molecular complexity index is 469. The molecule has 0 radical (unpaired) electrons. The van der Waals surface area contributed by atoms with Crippen molar-refractivity contribution in [1.82, 2.24) is 10.2 Å². The largest absolute Gasteiger partial charge is 0.334 e. The second-order valence-electron chi connectivity index (χ2n) is 5.41. The van der Waals surface area contributed by atoms with Gasteiger partial charge in [0.1, 0.15) is 0 Å². The highest BCUT2D eigenvalue weighted by molar-refractivity contribution is 7.99. The molecule has 0 spiro atoms. The molecule has 0 aromatic heterocycles. The summed E-state index contributed by atoms with van der Waals surface area (Å²) < 4.78 is 0. The Kier molecular flexibility index (Phi) is 4.54. The van der Waals surface area contributed by atoms with Crippen molar-refractivity contribution >= 4 is 29.3 Å². The van der Waals surface area contributed by atoms with Gasteiger partial charge in [-0.05, 0) is 30.5 Å². The molecule has 1 aliphatic carbocycles. The molecular weight excluding hydrogens is 292 g/mol. The van der Waals surface area contributed by atoms with Crippen LogP contribution in [0.1, 0.15) is 18.4 Å². The second-order valence-corrected chi connectivity index (χ2v) is 6.99. The maximum atomic E-state index is 12.7. The third kappa shape index (κ3) is 3.48. The van der Waals surface area contributed by atoms with E-state index in [1.165, 1.54) is 0 Å². The van der Waals surface area contributed by atoms with Crippen LogP contribution in [0.25, 0.3) is 0 Å². The quantitative estimate of drug-likeness (QED) is 0.927. The summed E-state index contributed by atoms with van der Waals surface area (Å²) in [6, 6.07) is 8.22. The smallest absolute Gasteiger partial charge is 0.241 e. The number of hydrogen-bond acceptors (Lipinski definition) is 3. The Morgan fingerprint density at radius 3 is 2.70 bits per heavy atom. The van der Waals surface area contributed by atoms with Gasteiger partial charge in [0.15, 0.2) is 0 Å². The maximum Gasteiger partial charge on any atom is 0.241 e. The Morgan fingerprint density at radius 2 is 2.10 bits per heavy atom. The van der Waals surface area contributed by atoms with Crippen LogP contribution in [0.4, 0.5) is 0 Å². The summed E-state index contributed by atoms with van der Waals surface area (Å²) in [6.45, 7) is 1.63. The van der Waals surface area contributed by atoms with Crippen LogP contribution in [-0.4, -0.2) is 40.9 Å². The normalized spacial score (nSPS) is 22.6. The standard InChI is InChI=1S/C15H19ClN2OS/c16-12-3-1-11(2-4-12)9-18(13-5-6-13)15(19)14-10-20-8-7-17-14/h1-4,13-14,17H,5-10H2. The van der Waals surface area contributed by atoms with Gasteiger partial charge in [-0.25, -0.2) is 0 Å². The van der Waals surface area contributed by atoms with Crippen LogP contribution in [0.3, 0.4) is 0 Å². The number of hydrogen-bond donors (Lipinski definition) is 1. The zero-order chi connectivity index (χ0) is 13.9. The number of nitrogens with zero attached hydrogens (tertiary/aromatic N) is 1. The average Bonchev–Trinajstić information content (AvgIpc) is 3.31. The number of carbonyl (C=O) groups is 1. The molecular formula is C15H19ClN2OS. The molecule has 3 nitrogen and oxygen atoms in total.